The second-order valence-electron chi connectivity index (χ2n) is 7.45. The van der Waals surface area contributed by atoms with Gasteiger partial charge in [0.2, 0.25) is 11.7 Å². The zero-order valence-electron chi connectivity index (χ0n) is 17.1. The first kappa shape index (κ1) is 19.8. The molecule has 0 spiro atoms. The van der Waals surface area contributed by atoms with Crippen LogP contribution in [-0.4, -0.2) is 44.1 Å². The smallest absolute Gasteiger partial charge is 0.247 e. The van der Waals surface area contributed by atoms with Crippen molar-refractivity contribution < 1.29 is 4.79 Å². The molecule has 1 amide bonds. The number of benzene rings is 2. The summed E-state index contributed by atoms with van der Waals surface area (Å²) in [5.74, 6) is 0.587. The van der Waals surface area contributed by atoms with Crippen LogP contribution >= 0.6 is 0 Å². The Kier molecular flexibility index (Phi) is 6.17. The fraction of sp³-hybridized carbons (Fsp3) is 0.304. The first-order valence-electron chi connectivity index (χ1n) is 10.4. The number of carbonyl (C=O) groups excluding carboxylic acids is 1. The predicted octanol–water partition coefficient (Wildman–Crippen LogP) is 3.54. The van der Waals surface area contributed by atoms with E-state index in [-0.39, 0.29) is 12.1 Å². The van der Waals surface area contributed by atoms with Crippen molar-refractivity contribution in [1.29, 1.82) is 0 Å². The minimum absolute atomic E-state index is 0.00280. The molecule has 154 valence electrons. The zero-order valence-corrected chi connectivity index (χ0v) is 17.1. The lowest BCUT2D eigenvalue weighted by Crippen LogP contribution is -2.49. The number of rotatable bonds is 8. The molecule has 30 heavy (non-hydrogen) atoms. The third kappa shape index (κ3) is 4.56. The number of nitrogens with zero attached hydrogens (tertiary/aromatic N) is 4. The van der Waals surface area contributed by atoms with Crippen molar-refractivity contribution in [3.63, 3.8) is 0 Å². The number of aromatic amines is 1. The first-order valence-corrected chi connectivity index (χ1v) is 10.4. The molecule has 2 N–H and O–H groups in total. The van der Waals surface area contributed by atoms with Crippen LogP contribution in [0.3, 0.4) is 0 Å². The number of tetrazole rings is 1. The molecule has 1 aromatic heterocycles. The van der Waals surface area contributed by atoms with E-state index in [0.717, 1.165) is 48.9 Å². The lowest BCUT2D eigenvalue weighted by Gasteiger charge is -2.34. The van der Waals surface area contributed by atoms with Gasteiger partial charge in [-0.05, 0) is 41.2 Å². The number of aromatic nitrogens is 4. The van der Waals surface area contributed by atoms with E-state index in [0.29, 0.717) is 5.82 Å². The Labute approximate surface area is 176 Å². The third-order valence-electron chi connectivity index (χ3n) is 5.39. The lowest BCUT2D eigenvalue weighted by atomic mass is 9.97. The summed E-state index contributed by atoms with van der Waals surface area (Å²) in [6.07, 6.45) is 7.73. The van der Waals surface area contributed by atoms with Crippen molar-refractivity contribution in [2.24, 2.45) is 0 Å². The summed E-state index contributed by atoms with van der Waals surface area (Å²) in [6.45, 7) is 3.03. The molecule has 0 saturated heterocycles. The minimum Gasteiger partial charge on any atom is -0.357 e. The van der Waals surface area contributed by atoms with Gasteiger partial charge in [0, 0.05) is 24.4 Å². The van der Waals surface area contributed by atoms with Gasteiger partial charge in [0.15, 0.2) is 0 Å². The standard InChI is InChI=1S/C23H26N6O/c1-2-3-8-21-24-22(30)14-16-29(21)15-13-17-9-11-18(12-10-17)19-6-4-5-7-20(19)23-25-27-28-26-23/h4-7,9-12,14,16,21H,2-3,8,13,15H2,1H3,(H,24,30)(H,25,26,27,28). The summed E-state index contributed by atoms with van der Waals surface area (Å²) < 4.78 is 0. The SMILES string of the molecule is CCCCC1NC(=O)C=CN1CCc1ccc(-c2ccccc2-c2nn[nH]n2)cc1. The third-order valence-corrected chi connectivity index (χ3v) is 5.39. The summed E-state index contributed by atoms with van der Waals surface area (Å²) in [4.78, 5) is 13.9. The lowest BCUT2D eigenvalue weighted by molar-refractivity contribution is -0.119. The van der Waals surface area contributed by atoms with Gasteiger partial charge in [0.05, 0.1) is 0 Å². The topological polar surface area (TPSA) is 86.8 Å². The van der Waals surface area contributed by atoms with E-state index in [1.807, 2.05) is 24.4 Å². The normalized spacial score (nSPS) is 16.0. The Morgan fingerprint density at radius 3 is 2.60 bits per heavy atom. The molecule has 7 nitrogen and oxygen atoms in total. The van der Waals surface area contributed by atoms with Crippen molar-refractivity contribution in [2.75, 3.05) is 6.54 Å². The van der Waals surface area contributed by atoms with Crippen LogP contribution in [0.1, 0.15) is 31.7 Å². The van der Waals surface area contributed by atoms with Gasteiger partial charge in [-0.25, -0.2) is 0 Å². The van der Waals surface area contributed by atoms with Crippen LogP contribution in [0, 0.1) is 0 Å². The van der Waals surface area contributed by atoms with E-state index in [1.54, 1.807) is 6.08 Å². The molecular weight excluding hydrogens is 376 g/mol. The highest BCUT2D eigenvalue weighted by molar-refractivity contribution is 5.88. The largest absolute Gasteiger partial charge is 0.357 e. The minimum atomic E-state index is -0.00280. The number of hydrogen-bond acceptors (Lipinski definition) is 5. The van der Waals surface area contributed by atoms with Gasteiger partial charge >= 0.3 is 0 Å². The zero-order chi connectivity index (χ0) is 20.8. The second kappa shape index (κ2) is 9.35. The summed E-state index contributed by atoms with van der Waals surface area (Å²) in [7, 11) is 0. The monoisotopic (exact) mass is 402 g/mol. The highest BCUT2D eigenvalue weighted by Gasteiger charge is 2.20. The molecule has 2 aromatic carbocycles. The fourth-order valence-corrected chi connectivity index (χ4v) is 3.74. The summed E-state index contributed by atoms with van der Waals surface area (Å²) in [6, 6.07) is 16.7. The van der Waals surface area contributed by atoms with E-state index in [1.165, 1.54) is 5.56 Å². The number of amides is 1. The molecule has 4 rings (SSSR count). The molecule has 1 unspecified atom stereocenters. The highest BCUT2D eigenvalue weighted by Crippen LogP contribution is 2.29. The van der Waals surface area contributed by atoms with Gasteiger partial charge in [0.25, 0.3) is 0 Å². The maximum atomic E-state index is 11.7. The number of nitrogens with one attached hydrogen (secondary N) is 2. The highest BCUT2D eigenvalue weighted by atomic mass is 16.1. The van der Waals surface area contributed by atoms with Crippen molar-refractivity contribution in [3.05, 3.63) is 66.4 Å². The van der Waals surface area contributed by atoms with Crippen molar-refractivity contribution in [3.8, 4) is 22.5 Å². The molecule has 7 heteroatoms. The van der Waals surface area contributed by atoms with E-state index in [4.69, 9.17) is 0 Å². The molecule has 1 aliphatic rings. The van der Waals surface area contributed by atoms with Crippen LogP contribution < -0.4 is 5.32 Å². The number of unbranched alkanes of at least 4 members (excludes halogenated alkanes) is 1. The predicted molar refractivity (Wildman–Crippen MR) is 116 cm³/mol. The van der Waals surface area contributed by atoms with Gasteiger partial charge in [0.1, 0.15) is 6.17 Å². The number of carbonyl (C=O) groups is 1. The molecular formula is C23H26N6O. The average molecular weight is 403 g/mol. The molecule has 0 aliphatic carbocycles. The van der Waals surface area contributed by atoms with Crippen LogP contribution in [-0.2, 0) is 11.2 Å². The Bertz CT molecular complexity index is 997. The first-order chi connectivity index (χ1) is 14.7. The summed E-state index contributed by atoms with van der Waals surface area (Å²) in [5.41, 5.74) is 4.40. The Hall–Kier alpha value is -3.48. The molecule has 0 radical (unpaired) electrons. The molecule has 2 heterocycles. The van der Waals surface area contributed by atoms with Crippen LogP contribution in [0.4, 0.5) is 0 Å². The average Bonchev–Trinajstić information content (AvgIpc) is 3.32. The van der Waals surface area contributed by atoms with Gasteiger partial charge in [-0.3, -0.25) is 4.79 Å². The van der Waals surface area contributed by atoms with Crippen molar-refractivity contribution in [2.45, 2.75) is 38.8 Å². The van der Waals surface area contributed by atoms with Gasteiger partial charge in [-0.1, -0.05) is 61.9 Å². The summed E-state index contributed by atoms with van der Waals surface area (Å²) >= 11 is 0. The van der Waals surface area contributed by atoms with E-state index in [2.05, 4.69) is 68.1 Å². The fourth-order valence-electron chi connectivity index (χ4n) is 3.74. The number of hydrogen-bond donors (Lipinski definition) is 2. The van der Waals surface area contributed by atoms with Gasteiger partial charge in [-0.2, -0.15) is 5.21 Å². The van der Waals surface area contributed by atoms with E-state index < -0.39 is 0 Å². The van der Waals surface area contributed by atoms with Gasteiger partial charge < -0.3 is 10.2 Å². The van der Waals surface area contributed by atoms with Crippen molar-refractivity contribution in [1.82, 2.24) is 30.8 Å². The Morgan fingerprint density at radius 2 is 1.87 bits per heavy atom. The maximum absolute atomic E-state index is 11.7. The Morgan fingerprint density at radius 1 is 1.07 bits per heavy atom. The van der Waals surface area contributed by atoms with Gasteiger partial charge in [-0.15, -0.1) is 10.2 Å². The molecule has 1 atom stereocenters. The van der Waals surface area contributed by atoms with Crippen LogP contribution in [0.15, 0.2) is 60.8 Å². The van der Waals surface area contributed by atoms with Crippen LogP contribution in [0.2, 0.25) is 0 Å². The maximum Gasteiger partial charge on any atom is 0.247 e. The Balaban J connectivity index is 1.45. The molecule has 1 aliphatic heterocycles. The number of H-pyrrole nitrogens is 1. The molecule has 3 aromatic rings. The van der Waals surface area contributed by atoms with Crippen LogP contribution in [0.5, 0.6) is 0 Å². The van der Waals surface area contributed by atoms with E-state index in [9.17, 15) is 4.79 Å². The van der Waals surface area contributed by atoms with Crippen LogP contribution in [0.25, 0.3) is 22.5 Å². The summed E-state index contributed by atoms with van der Waals surface area (Å²) in [5, 5.41) is 17.5. The quantitative estimate of drug-likeness (QED) is 0.602. The second-order valence-corrected chi connectivity index (χ2v) is 7.45. The van der Waals surface area contributed by atoms with Crippen molar-refractivity contribution >= 4 is 5.91 Å². The molecule has 0 bridgehead atoms. The molecule has 0 saturated carbocycles. The van der Waals surface area contributed by atoms with E-state index >= 15 is 0 Å². The molecule has 0 fully saturated rings.